The van der Waals surface area contributed by atoms with Gasteiger partial charge in [0.1, 0.15) is 5.82 Å². The number of nitrogen functional groups attached to an aromatic ring is 1. The first-order chi connectivity index (χ1) is 10.7. The molecule has 0 aliphatic carbocycles. The molecule has 0 spiro atoms. The number of nitrogens with two attached hydrogens (primary N) is 1. The van der Waals surface area contributed by atoms with Crippen LogP contribution in [0.15, 0.2) is 23.7 Å². The summed E-state index contributed by atoms with van der Waals surface area (Å²) < 4.78 is 1.53. The Bertz CT molecular complexity index is 838. The minimum atomic E-state index is -0.0157. The molecule has 0 bridgehead atoms. The second-order valence-corrected chi connectivity index (χ2v) is 6.79. The Morgan fingerprint density at radius 2 is 2.27 bits per heavy atom. The molecule has 2 N–H and O–H groups in total. The van der Waals surface area contributed by atoms with Crippen LogP contribution in [0.4, 0.5) is 5.82 Å². The molecule has 0 unspecified atom stereocenters. The van der Waals surface area contributed by atoms with Crippen molar-refractivity contribution in [2.45, 2.75) is 0 Å². The fourth-order valence-electron chi connectivity index (χ4n) is 2.31. The number of rotatable bonds is 2. The Labute approximate surface area is 134 Å². The quantitative estimate of drug-likeness (QED) is 0.766. The summed E-state index contributed by atoms with van der Waals surface area (Å²) in [4.78, 5) is 22.9. The number of thioether (sulfide) groups is 1. The third-order valence-corrected chi connectivity index (χ3v) is 5.11. The second kappa shape index (κ2) is 5.25. The van der Waals surface area contributed by atoms with Gasteiger partial charge in [0.05, 0.1) is 5.88 Å². The number of carbonyl (C=O) groups excluding carboxylic acids is 1. The Hall–Kier alpha value is -2.13. The van der Waals surface area contributed by atoms with Gasteiger partial charge in [-0.05, 0) is 12.1 Å². The second-order valence-electron chi connectivity index (χ2n) is 4.82. The maximum Gasteiger partial charge on any atom is 0.254 e. The summed E-state index contributed by atoms with van der Waals surface area (Å²) in [7, 11) is 0. The van der Waals surface area contributed by atoms with E-state index in [0.29, 0.717) is 22.9 Å². The lowest BCUT2D eigenvalue weighted by Gasteiger charge is -2.14. The zero-order chi connectivity index (χ0) is 15.1. The smallest absolute Gasteiger partial charge is 0.254 e. The first-order valence-corrected chi connectivity index (χ1v) is 8.69. The van der Waals surface area contributed by atoms with Crippen molar-refractivity contribution in [1.29, 1.82) is 0 Å². The lowest BCUT2D eigenvalue weighted by Crippen LogP contribution is -2.28. The molecule has 0 aromatic carbocycles. The number of thiazole rings is 1. The van der Waals surface area contributed by atoms with Gasteiger partial charge in [-0.15, -0.1) is 28.2 Å². The van der Waals surface area contributed by atoms with Gasteiger partial charge < -0.3 is 10.6 Å². The summed E-state index contributed by atoms with van der Waals surface area (Å²) in [5.74, 6) is 2.59. The van der Waals surface area contributed by atoms with Gasteiger partial charge in [-0.3, -0.25) is 4.79 Å². The maximum atomic E-state index is 12.5. The average Bonchev–Trinajstić information content (AvgIpc) is 3.25. The van der Waals surface area contributed by atoms with Crippen LogP contribution in [-0.2, 0) is 0 Å². The van der Waals surface area contributed by atoms with E-state index in [2.05, 4.69) is 15.1 Å². The monoisotopic (exact) mass is 332 g/mol. The van der Waals surface area contributed by atoms with Crippen LogP contribution in [0.25, 0.3) is 16.5 Å². The molecule has 0 radical (unpaired) electrons. The third kappa shape index (κ3) is 2.22. The SMILES string of the molecule is Nc1cc(C(=O)N2CCSC2)cc2nc(-c3nccs3)nn12. The molecule has 0 atom stereocenters. The molecule has 4 rings (SSSR count). The van der Waals surface area contributed by atoms with E-state index in [1.807, 2.05) is 10.3 Å². The number of anilines is 1. The molecule has 3 aromatic heterocycles. The van der Waals surface area contributed by atoms with Crippen LogP contribution < -0.4 is 5.73 Å². The molecule has 1 aliphatic heterocycles. The summed E-state index contributed by atoms with van der Waals surface area (Å²) in [6.45, 7) is 0.769. The van der Waals surface area contributed by atoms with Crippen molar-refractivity contribution in [1.82, 2.24) is 24.5 Å². The highest BCUT2D eigenvalue weighted by molar-refractivity contribution is 7.99. The van der Waals surface area contributed by atoms with Crippen molar-refractivity contribution in [3.8, 4) is 10.8 Å². The summed E-state index contributed by atoms with van der Waals surface area (Å²) in [6.07, 6.45) is 1.70. The average molecular weight is 332 g/mol. The van der Waals surface area contributed by atoms with Crippen molar-refractivity contribution in [2.24, 2.45) is 0 Å². The van der Waals surface area contributed by atoms with Crippen LogP contribution in [0.5, 0.6) is 0 Å². The van der Waals surface area contributed by atoms with Crippen LogP contribution in [0.2, 0.25) is 0 Å². The number of hydrogen-bond donors (Lipinski definition) is 1. The zero-order valence-electron chi connectivity index (χ0n) is 11.5. The fourth-order valence-corrected chi connectivity index (χ4v) is 3.82. The zero-order valence-corrected chi connectivity index (χ0v) is 13.1. The first kappa shape index (κ1) is 13.5. The molecule has 3 aromatic rings. The van der Waals surface area contributed by atoms with Gasteiger partial charge in [-0.1, -0.05) is 0 Å². The van der Waals surface area contributed by atoms with E-state index in [9.17, 15) is 4.79 Å². The van der Waals surface area contributed by atoms with Crippen LogP contribution >= 0.6 is 23.1 Å². The molecule has 1 amide bonds. The van der Waals surface area contributed by atoms with Crippen molar-refractivity contribution < 1.29 is 4.79 Å². The first-order valence-electron chi connectivity index (χ1n) is 6.65. The van der Waals surface area contributed by atoms with Gasteiger partial charge in [0.2, 0.25) is 5.82 Å². The maximum absolute atomic E-state index is 12.5. The van der Waals surface area contributed by atoms with Crippen molar-refractivity contribution in [2.75, 3.05) is 23.9 Å². The van der Waals surface area contributed by atoms with Gasteiger partial charge in [-0.25, -0.2) is 9.97 Å². The van der Waals surface area contributed by atoms with Gasteiger partial charge >= 0.3 is 0 Å². The number of hydrogen-bond acceptors (Lipinski definition) is 7. The standard InChI is InChI=1S/C13H12N6OS2/c14-9-5-8(13(20)18-2-4-21-7-18)6-10-16-11(17-19(9)10)12-15-1-3-22-12/h1,3,5-6H,2,4,7,14H2. The lowest BCUT2D eigenvalue weighted by atomic mass is 10.2. The normalized spacial score (nSPS) is 14.8. The summed E-state index contributed by atoms with van der Waals surface area (Å²) in [6, 6.07) is 3.38. The Morgan fingerprint density at radius 1 is 1.36 bits per heavy atom. The summed E-state index contributed by atoms with van der Waals surface area (Å²) in [5, 5.41) is 6.95. The summed E-state index contributed by atoms with van der Waals surface area (Å²) >= 11 is 3.21. The number of fused-ring (bicyclic) bond motifs is 1. The summed E-state index contributed by atoms with van der Waals surface area (Å²) in [5.41, 5.74) is 7.13. The largest absolute Gasteiger partial charge is 0.384 e. The molecular weight excluding hydrogens is 320 g/mol. The highest BCUT2D eigenvalue weighted by Crippen LogP contribution is 2.22. The molecule has 4 heterocycles. The van der Waals surface area contributed by atoms with E-state index in [1.54, 1.807) is 30.1 Å². The number of amides is 1. The van der Waals surface area contributed by atoms with E-state index < -0.39 is 0 Å². The van der Waals surface area contributed by atoms with Crippen molar-refractivity contribution in [3.05, 3.63) is 29.3 Å². The molecule has 1 aliphatic rings. The number of carbonyl (C=O) groups is 1. The molecule has 9 heteroatoms. The molecule has 0 saturated carbocycles. The lowest BCUT2D eigenvalue weighted by molar-refractivity contribution is 0.0803. The molecule has 7 nitrogen and oxygen atoms in total. The molecule has 112 valence electrons. The fraction of sp³-hybridized carbons (Fsp3) is 0.231. The van der Waals surface area contributed by atoms with Gasteiger partial charge in [0, 0.05) is 29.4 Å². The number of nitrogens with zero attached hydrogens (tertiary/aromatic N) is 5. The molecule has 1 saturated heterocycles. The highest BCUT2D eigenvalue weighted by Gasteiger charge is 2.21. The number of pyridine rings is 1. The van der Waals surface area contributed by atoms with E-state index in [-0.39, 0.29) is 5.91 Å². The highest BCUT2D eigenvalue weighted by atomic mass is 32.2. The molecule has 1 fully saturated rings. The predicted molar refractivity (Wildman–Crippen MR) is 86.9 cm³/mol. The van der Waals surface area contributed by atoms with Crippen LogP contribution in [0, 0.1) is 0 Å². The minimum Gasteiger partial charge on any atom is -0.384 e. The minimum absolute atomic E-state index is 0.0157. The van der Waals surface area contributed by atoms with E-state index in [1.165, 1.54) is 15.9 Å². The van der Waals surface area contributed by atoms with Crippen molar-refractivity contribution in [3.63, 3.8) is 0 Å². The Balaban J connectivity index is 1.77. The van der Waals surface area contributed by atoms with E-state index >= 15 is 0 Å². The topological polar surface area (TPSA) is 89.4 Å². The predicted octanol–water partition coefficient (Wildman–Crippen LogP) is 1.58. The van der Waals surface area contributed by atoms with Crippen LogP contribution in [-0.4, -0.2) is 48.6 Å². The van der Waals surface area contributed by atoms with Crippen LogP contribution in [0.1, 0.15) is 10.4 Å². The molecular formula is C13H12N6OS2. The Morgan fingerprint density at radius 3 is 3.00 bits per heavy atom. The van der Waals surface area contributed by atoms with E-state index in [4.69, 9.17) is 5.73 Å². The van der Waals surface area contributed by atoms with Gasteiger partial charge in [-0.2, -0.15) is 4.52 Å². The Kier molecular flexibility index (Phi) is 3.23. The molecule has 22 heavy (non-hydrogen) atoms. The van der Waals surface area contributed by atoms with Crippen molar-refractivity contribution >= 4 is 40.5 Å². The van der Waals surface area contributed by atoms with Gasteiger partial charge in [0.15, 0.2) is 10.7 Å². The van der Waals surface area contributed by atoms with Crippen LogP contribution in [0.3, 0.4) is 0 Å². The van der Waals surface area contributed by atoms with E-state index in [0.717, 1.165) is 23.2 Å². The third-order valence-electron chi connectivity index (χ3n) is 3.38. The number of aromatic nitrogens is 4. The van der Waals surface area contributed by atoms with Gasteiger partial charge in [0.25, 0.3) is 5.91 Å².